The molecule has 117 heavy (non-hydrogen) atoms. The van der Waals surface area contributed by atoms with E-state index < -0.39 is 35.8 Å². The van der Waals surface area contributed by atoms with E-state index in [1.807, 2.05) is 141 Å². The Kier molecular flexibility index (Phi) is 21.8. The van der Waals surface area contributed by atoms with Gasteiger partial charge < -0.3 is 16.0 Å². The highest BCUT2D eigenvalue weighted by Gasteiger charge is 2.29. The number of fused-ring (bicyclic) bond motifs is 6. The van der Waals surface area contributed by atoms with E-state index in [2.05, 4.69) is 85.8 Å². The minimum Gasteiger partial charge on any atom is -0.344 e. The topological polar surface area (TPSA) is 270 Å². The minimum atomic E-state index is -4.70. The van der Waals surface area contributed by atoms with Crippen LogP contribution in [0.3, 0.4) is 0 Å². The van der Waals surface area contributed by atoms with E-state index in [1.54, 1.807) is 150 Å². The van der Waals surface area contributed by atoms with Gasteiger partial charge in [-0.05, 0) is 167 Å². The first kappa shape index (κ1) is 77.3. The standard InChI is InChI=1S/C31H24N6O2S.C30H22N6O2S.C28H20F3N5O2/c1-19-18-40-26(33-19)14-13-22-9-7-10-23-17-25(37(31(39)28(22)23)24-11-5-4-6-12-24)20(2)34-30(38)27-21(3)35-36-16-8-15-32-29(27)36;1-19(33-29(37)26-20(2)34-35-16-7-14-32-28(26)35)24-18-22-9-6-8-21(12-13-25-31-15-17-39-25)27(22)30(38)36(24)23-10-4-3-5-11-23;1-17(33-26(37)23-18(2)34-35-15-7-14-32-25(23)35)22-16-20-9-6-8-19(12-13-28(29,30)31)24(20)27(38)36(22)21-10-4-3-5-11-21/h4-12,15-18,20H,1-3H3,(H,34,38);3-11,14-19H,1-2H3,(H,33,37);3-11,14-17H,1-2H3,(H,33,37)/t20-;19-;17-/m000/s1. The van der Waals surface area contributed by atoms with Crippen molar-refractivity contribution in [1.82, 2.24) is 83.4 Å². The van der Waals surface area contributed by atoms with E-state index in [-0.39, 0.29) is 33.9 Å². The lowest BCUT2D eigenvalue weighted by molar-refractivity contribution is -0.0697. The van der Waals surface area contributed by atoms with Crippen LogP contribution in [-0.2, 0) is 0 Å². The number of para-hydroxylation sites is 3. The minimum absolute atomic E-state index is 0.0363. The number of nitrogens with zero attached hydrogens (tertiary/aromatic N) is 14. The van der Waals surface area contributed by atoms with Crippen molar-refractivity contribution in [3.05, 3.63) is 350 Å². The van der Waals surface area contributed by atoms with E-state index in [9.17, 15) is 41.9 Å². The monoisotopic (exact) mass is 1590 g/mol. The van der Waals surface area contributed by atoms with Gasteiger partial charge in [-0.15, -0.1) is 22.7 Å². The predicted molar refractivity (Wildman–Crippen MR) is 443 cm³/mol. The third kappa shape index (κ3) is 16.1. The molecule has 3 amide bonds. The highest BCUT2D eigenvalue weighted by Crippen LogP contribution is 2.30. The van der Waals surface area contributed by atoms with Gasteiger partial charge >= 0.3 is 6.18 Å². The molecule has 0 spiro atoms. The van der Waals surface area contributed by atoms with Crippen molar-refractivity contribution in [3.63, 3.8) is 0 Å². The number of benzene rings is 6. The van der Waals surface area contributed by atoms with E-state index in [0.29, 0.717) is 122 Å². The molecule has 0 unspecified atom stereocenters. The summed E-state index contributed by atoms with van der Waals surface area (Å²) in [6.07, 6.45) is 7.00. The highest BCUT2D eigenvalue weighted by atomic mass is 32.1. The number of rotatable bonds is 12. The van der Waals surface area contributed by atoms with Crippen molar-refractivity contribution < 1.29 is 27.6 Å². The first-order chi connectivity index (χ1) is 56.5. The molecule has 3 N–H and O–H groups in total. The quantitative estimate of drug-likeness (QED) is 0.0960. The summed E-state index contributed by atoms with van der Waals surface area (Å²) in [5.74, 6) is 14.7. The van der Waals surface area contributed by atoms with Crippen LogP contribution in [0.5, 0.6) is 0 Å². The maximum atomic E-state index is 14.2. The van der Waals surface area contributed by atoms with Crippen LogP contribution >= 0.6 is 22.7 Å². The average molecular weight is 1590 g/mol. The molecule has 0 aliphatic heterocycles. The molecule has 23 nitrogen and oxygen atoms in total. The van der Waals surface area contributed by atoms with Gasteiger partial charge in [0.05, 0.1) is 51.4 Å². The second-order valence-corrected chi connectivity index (χ2v) is 28.7. The Hall–Kier alpha value is -15.1. The fourth-order valence-corrected chi connectivity index (χ4v) is 15.0. The molecule has 0 fully saturated rings. The molecule has 11 aromatic heterocycles. The molecule has 6 aromatic carbocycles. The van der Waals surface area contributed by atoms with Crippen LogP contribution in [0.25, 0.3) is 66.3 Å². The zero-order valence-corrected chi connectivity index (χ0v) is 65.0. The number of aromatic nitrogens is 14. The average Bonchev–Trinajstić information content (AvgIpc) is 1.75. The van der Waals surface area contributed by atoms with Crippen LogP contribution in [0.2, 0.25) is 0 Å². The van der Waals surface area contributed by atoms with E-state index >= 15 is 0 Å². The van der Waals surface area contributed by atoms with E-state index in [1.165, 1.54) is 49.8 Å². The zero-order valence-electron chi connectivity index (χ0n) is 63.4. The lowest BCUT2D eigenvalue weighted by Gasteiger charge is -2.21. The van der Waals surface area contributed by atoms with Crippen molar-refractivity contribution >= 4 is 89.7 Å². The molecule has 28 heteroatoms. The van der Waals surface area contributed by atoms with Crippen molar-refractivity contribution in [2.45, 2.75) is 72.8 Å². The van der Waals surface area contributed by atoms with Gasteiger partial charge in [-0.3, -0.25) is 42.5 Å². The van der Waals surface area contributed by atoms with Crippen LogP contribution < -0.4 is 32.6 Å². The number of alkyl halides is 3. The smallest absolute Gasteiger partial charge is 0.344 e. The molecule has 0 radical (unpaired) electrons. The van der Waals surface area contributed by atoms with Gasteiger partial charge in [-0.1, -0.05) is 109 Å². The highest BCUT2D eigenvalue weighted by molar-refractivity contribution is 7.10. The van der Waals surface area contributed by atoms with Gasteiger partial charge in [0.2, 0.25) is 0 Å². The number of amides is 3. The maximum absolute atomic E-state index is 14.2. The van der Waals surface area contributed by atoms with Crippen LogP contribution in [0.1, 0.15) is 137 Å². The summed E-state index contributed by atoms with van der Waals surface area (Å²) in [4.78, 5) is 104. The Morgan fingerprint density at radius 2 is 0.761 bits per heavy atom. The number of hydrogen-bond acceptors (Lipinski definition) is 16. The fraction of sp³-hybridized carbons (Fsp3) is 0.124. The third-order valence-corrected chi connectivity index (χ3v) is 20.6. The van der Waals surface area contributed by atoms with Gasteiger partial charge in [0.25, 0.3) is 34.4 Å². The SMILES string of the molecule is Cc1csc(C#Cc2cccc3cc([C@H](C)NC(=O)c4c(C)nn5cccnc45)n(-c4ccccc4)c(=O)c23)n1.Cc1nn2cccnc2c1C(=O)N[C@@H](C)c1cc2cccc(C#CC(F)(F)F)c2c(=O)n1-c1ccccc1.Cc1nn2cccnc2c1C(=O)N[C@@H](C)c1cc2cccc(C#Cc3nccs3)c2c(=O)n1-c1ccccc1. The molecule has 0 saturated heterocycles. The van der Waals surface area contributed by atoms with Crippen molar-refractivity contribution in [2.24, 2.45) is 0 Å². The second-order valence-electron chi connectivity index (χ2n) is 27.0. The van der Waals surface area contributed by atoms with Crippen LogP contribution in [0.4, 0.5) is 13.2 Å². The van der Waals surface area contributed by atoms with E-state index in [0.717, 1.165) is 16.5 Å². The molecule has 0 aliphatic carbocycles. The Labute approximate surface area is 672 Å². The summed E-state index contributed by atoms with van der Waals surface area (Å²) in [5.41, 5.74) is 8.79. The molecule has 0 saturated carbocycles. The lowest BCUT2D eigenvalue weighted by atomic mass is 10.0. The predicted octanol–water partition coefficient (Wildman–Crippen LogP) is 14.4. The van der Waals surface area contributed by atoms with Crippen molar-refractivity contribution in [2.75, 3.05) is 0 Å². The first-order valence-corrected chi connectivity index (χ1v) is 38.3. The fourth-order valence-electron chi connectivity index (χ4n) is 13.8. The summed E-state index contributed by atoms with van der Waals surface area (Å²) in [6.45, 7) is 12.6. The maximum Gasteiger partial charge on any atom is 0.458 e. The molecular weight excluding hydrogens is 1520 g/mol. The number of carbonyl (C=O) groups is 3. The molecular formula is C89H66F3N17O6S2. The normalized spacial score (nSPS) is 11.9. The molecule has 576 valence electrons. The Morgan fingerprint density at radius 3 is 1.09 bits per heavy atom. The summed E-state index contributed by atoms with van der Waals surface area (Å²) >= 11 is 2.92. The summed E-state index contributed by atoms with van der Waals surface area (Å²) < 4.78 is 47.8. The van der Waals surface area contributed by atoms with Gasteiger partial charge in [0, 0.05) is 117 Å². The summed E-state index contributed by atoms with van der Waals surface area (Å²) in [6, 6.07) is 52.3. The van der Waals surface area contributed by atoms with Gasteiger partial charge in [0.15, 0.2) is 27.0 Å². The molecule has 0 bridgehead atoms. The Bertz CT molecular complexity index is 7160. The van der Waals surface area contributed by atoms with Gasteiger partial charge in [-0.25, -0.2) is 38.5 Å². The van der Waals surface area contributed by atoms with Crippen molar-refractivity contribution in [1.29, 1.82) is 0 Å². The van der Waals surface area contributed by atoms with Crippen molar-refractivity contribution in [3.8, 4) is 52.6 Å². The molecule has 17 rings (SSSR count). The first-order valence-electron chi connectivity index (χ1n) is 36.6. The zero-order chi connectivity index (χ0) is 81.8. The van der Waals surface area contributed by atoms with Crippen LogP contribution in [0.15, 0.2) is 251 Å². The number of pyridine rings is 3. The molecule has 11 heterocycles. The number of hydrogen-bond donors (Lipinski definition) is 3. The third-order valence-electron chi connectivity index (χ3n) is 19.0. The number of halogens is 3. The largest absolute Gasteiger partial charge is 0.458 e. The van der Waals surface area contributed by atoms with Crippen LogP contribution in [-0.4, -0.2) is 91.4 Å². The molecule has 3 atom stereocenters. The van der Waals surface area contributed by atoms with Gasteiger partial charge in [-0.2, -0.15) is 28.5 Å². The van der Waals surface area contributed by atoms with Crippen LogP contribution in [0, 0.1) is 63.2 Å². The number of nitrogens with one attached hydrogen (secondary N) is 3. The number of aryl methyl sites for hydroxylation is 4. The number of thiazole rings is 2. The second kappa shape index (κ2) is 32.9. The van der Waals surface area contributed by atoms with Gasteiger partial charge in [0.1, 0.15) is 16.7 Å². The Morgan fingerprint density at radius 1 is 0.410 bits per heavy atom. The summed E-state index contributed by atoms with van der Waals surface area (Å²) in [5, 5.41) is 30.3. The molecule has 0 aliphatic rings. The summed E-state index contributed by atoms with van der Waals surface area (Å²) in [7, 11) is 0. The lowest BCUT2D eigenvalue weighted by Crippen LogP contribution is -2.32. The molecule has 17 aromatic rings. The number of carbonyl (C=O) groups excluding carboxylic acids is 3. The van der Waals surface area contributed by atoms with E-state index in [4.69, 9.17) is 0 Å². The Balaban J connectivity index is 0.000000138.